The van der Waals surface area contributed by atoms with Crippen molar-refractivity contribution < 1.29 is 0 Å². The molecule has 6 rings (SSSR count). The average Bonchev–Trinajstić information content (AvgIpc) is 3.65. The van der Waals surface area contributed by atoms with Gasteiger partial charge in [-0.2, -0.15) is 10.4 Å². The molecule has 2 fully saturated rings. The lowest BCUT2D eigenvalue weighted by atomic mass is 10.1. The van der Waals surface area contributed by atoms with Gasteiger partial charge in [0, 0.05) is 53.9 Å². The Hall–Kier alpha value is -3.74. The minimum atomic E-state index is 0.328. The zero-order chi connectivity index (χ0) is 22.9. The van der Waals surface area contributed by atoms with Crippen LogP contribution in [0.1, 0.15) is 30.9 Å². The fraction of sp³-hybridized carbons (Fsp3) is 0.360. The first-order chi connectivity index (χ1) is 16.8. The third kappa shape index (κ3) is 3.91. The van der Waals surface area contributed by atoms with Gasteiger partial charge in [0.1, 0.15) is 6.07 Å². The summed E-state index contributed by atoms with van der Waals surface area (Å²) >= 11 is 0. The molecule has 0 saturated carbocycles. The van der Waals surface area contributed by atoms with Crippen LogP contribution in [0.3, 0.4) is 0 Å². The Morgan fingerprint density at radius 3 is 2.59 bits per heavy atom. The van der Waals surface area contributed by atoms with E-state index in [9.17, 15) is 5.26 Å². The molecule has 172 valence electrons. The number of nitrogens with zero attached hydrogens (tertiary/aromatic N) is 6. The van der Waals surface area contributed by atoms with Crippen LogP contribution in [0.4, 0.5) is 5.69 Å². The summed E-state index contributed by atoms with van der Waals surface area (Å²) in [5.74, 6) is 0.600. The third-order valence-electron chi connectivity index (χ3n) is 6.84. The molecule has 5 heterocycles. The normalized spacial score (nSPS) is 18.9. The molecule has 0 spiro atoms. The molecule has 0 amide bonds. The second-order valence-corrected chi connectivity index (χ2v) is 9.05. The van der Waals surface area contributed by atoms with Crippen LogP contribution >= 0.6 is 0 Å². The molecule has 3 N–H and O–H groups in total. The summed E-state index contributed by atoms with van der Waals surface area (Å²) in [6.45, 7) is 3.97. The molecular weight excluding hydrogens is 426 g/mol. The molecule has 0 bridgehead atoms. The number of anilines is 1. The molecule has 9 heteroatoms. The van der Waals surface area contributed by atoms with Gasteiger partial charge in [-0.15, -0.1) is 0 Å². The molecule has 9 nitrogen and oxygen atoms in total. The second-order valence-electron chi connectivity index (χ2n) is 9.05. The molecule has 2 aliphatic heterocycles. The fourth-order valence-corrected chi connectivity index (χ4v) is 4.92. The van der Waals surface area contributed by atoms with Crippen LogP contribution in [0, 0.1) is 11.3 Å². The number of fused-ring (bicyclic) bond motifs is 1. The first-order valence-corrected chi connectivity index (χ1v) is 11.9. The van der Waals surface area contributed by atoms with E-state index in [2.05, 4.69) is 48.0 Å². The van der Waals surface area contributed by atoms with E-state index in [1.807, 2.05) is 47.6 Å². The van der Waals surface area contributed by atoms with Crippen molar-refractivity contribution in [1.29, 1.82) is 5.26 Å². The van der Waals surface area contributed by atoms with Gasteiger partial charge in [0.25, 0.3) is 0 Å². The van der Waals surface area contributed by atoms with Gasteiger partial charge in [0.05, 0.1) is 29.0 Å². The summed E-state index contributed by atoms with van der Waals surface area (Å²) in [4.78, 5) is 9.31. The molecule has 4 aromatic rings. The van der Waals surface area contributed by atoms with Gasteiger partial charge in [-0.25, -0.2) is 9.97 Å². The van der Waals surface area contributed by atoms with E-state index in [0.29, 0.717) is 23.6 Å². The minimum Gasteiger partial charge on any atom is -0.380 e. The summed E-state index contributed by atoms with van der Waals surface area (Å²) in [6, 6.07) is 9.06. The smallest absolute Gasteiger partial charge is 0.234 e. The van der Waals surface area contributed by atoms with Crippen molar-refractivity contribution >= 4 is 16.6 Å². The van der Waals surface area contributed by atoms with Gasteiger partial charge in [0.15, 0.2) is 0 Å². The van der Waals surface area contributed by atoms with Crippen molar-refractivity contribution in [3.63, 3.8) is 0 Å². The van der Waals surface area contributed by atoms with Gasteiger partial charge in [-0.05, 0) is 57.1 Å². The van der Waals surface area contributed by atoms with E-state index in [1.165, 1.54) is 0 Å². The highest BCUT2D eigenvalue weighted by Crippen LogP contribution is 2.28. The first-order valence-electron chi connectivity index (χ1n) is 11.9. The Kier molecular flexibility index (Phi) is 5.45. The minimum absolute atomic E-state index is 0.328. The van der Waals surface area contributed by atoms with Crippen LogP contribution in [-0.2, 0) is 0 Å². The molecule has 1 aromatic carbocycles. The van der Waals surface area contributed by atoms with E-state index in [1.54, 1.807) is 0 Å². The Bertz CT molecular complexity index is 1330. The highest BCUT2D eigenvalue weighted by atomic mass is 15.3. The van der Waals surface area contributed by atoms with E-state index < -0.39 is 0 Å². The maximum Gasteiger partial charge on any atom is 0.234 e. The molecule has 2 saturated heterocycles. The number of benzene rings is 1. The number of nitriles is 1. The zero-order valence-corrected chi connectivity index (χ0v) is 18.9. The van der Waals surface area contributed by atoms with E-state index in [4.69, 9.17) is 0 Å². The predicted molar refractivity (Wildman–Crippen MR) is 131 cm³/mol. The molecular formula is C25H27N9. The molecule has 3 aromatic heterocycles. The van der Waals surface area contributed by atoms with Crippen LogP contribution in [0.2, 0.25) is 0 Å². The monoisotopic (exact) mass is 453 g/mol. The van der Waals surface area contributed by atoms with Gasteiger partial charge in [-0.3, -0.25) is 9.25 Å². The van der Waals surface area contributed by atoms with Crippen molar-refractivity contribution in [2.45, 2.75) is 31.3 Å². The van der Waals surface area contributed by atoms with Crippen molar-refractivity contribution in [2.24, 2.45) is 0 Å². The lowest BCUT2D eigenvalue weighted by Crippen LogP contribution is -2.29. The number of hydrogen-bond donors (Lipinski definition) is 3. The summed E-state index contributed by atoms with van der Waals surface area (Å²) in [5, 5.41) is 25.5. The Morgan fingerprint density at radius 1 is 1.00 bits per heavy atom. The maximum absolute atomic E-state index is 9.65. The number of aromatic nitrogens is 5. The number of hydrogen-bond acceptors (Lipinski definition) is 7. The third-order valence-corrected chi connectivity index (χ3v) is 6.84. The van der Waals surface area contributed by atoms with Gasteiger partial charge < -0.3 is 16.0 Å². The van der Waals surface area contributed by atoms with Crippen LogP contribution < -0.4 is 16.0 Å². The highest BCUT2D eigenvalue weighted by molar-refractivity contribution is 5.87. The van der Waals surface area contributed by atoms with Crippen molar-refractivity contribution in [3.05, 3.63) is 54.7 Å². The van der Waals surface area contributed by atoms with Crippen LogP contribution in [-0.4, -0.2) is 56.5 Å². The maximum atomic E-state index is 9.65. The molecule has 34 heavy (non-hydrogen) atoms. The van der Waals surface area contributed by atoms with Crippen molar-refractivity contribution in [3.8, 4) is 23.1 Å². The highest BCUT2D eigenvalue weighted by Gasteiger charge is 2.18. The molecule has 1 atom stereocenters. The SMILES string of the molecule is N#Cc1cc2ccn(-c3ncc(-c4cnn(C5CCNCC5)c4)cn3)c2cc1N[C@@H]1CCNC1. The number of rotatable bonds is 5. The molecule has 2 aliphatic rings. The van der Waals surface area contributed by atoms with Crippen LogP contribution in [0.25, 0.3) is 28.0 Å². The number of piperidine rings is 1. The van der Waals surface area contributed by atoms with Gasteiger partial charge >= 0.3 is 0 Å². The number of nitrogens with one attached hydrogen (secondary N) is 3. The second kappa shape index (κ2) is 8.89. The Morgan fingerprint density at radius 2 is 1.82 bits per heavy atom. The lowest BCUT2D eigenvalue weighted by Gasteiger charge is -2.22. The van der Waals surface area contributed by atoms with Crippen molar-refractivity contribution in [2.75, 3.05) is 31.5 Å². The molecule has 0 unspecified atom stereocenters. The van der Waals surface area contributed by atoms with Crippen molar-refractivity contribution in [1.82, 2.24) is 34.9 Å². The van der Waals surface area contributed by atoms with E-state index in [-0.39, 0.29) is 0 Å². The van der Waals surface area contributed by atoms with Crippen LogP contribution in [0.15, 0.2) is 49.2 Å². The fourth-order valence-electron chi connectivity index (χ4n) is 4.92. The largest absolute Gasteiger partial charge is 0.380 e. The summed E-state index contributed by atoms with van der Waals surface area (Å²) in [6.07, 6.45) is 12.9. The quantitative estimate of drug-likeness (QED) is 0.426. The lowest BCUT2D eigenvalue weighted by molar-refractivity contribution is 0.343. The van der Waals surface area contributed by atoms with Gasteiger partial charge in [-0.1, -0.05) is 0 Å². The summed E-state index contributed by atoms with van der Waals surface area (Å²) < 4.78 is 4.04. The topological polar surface area (TPSA) is 108 Å². The summed E-state index contributed by atoms with van der Waals surface area (Å²) in [5.41, 5.74) is 4.45. The average molecular weight is 454 g/mol. The Labute approximate surface area is 197 Å². The first kappa shape index (κ1) is 20.8. The Balaban J connectivity index is 1.28. The zero-order valence-electron chi connectivity index (χ0n) is 18.9. The van der Waals surface area contributed by atoms with Crippen LogP contribution in [0.5, 0.6) is 0 Å². The standard InChI is InChI=1S/C25H27N9/c26-11-18-9-17-4-8-33(24(17)10-23(18)32-21-1-5-28-15-21)25-29-12-19(13-30-25)20-14-31-34(16-20)22-2-6-27-7-3-22/h4,8-10,12-14,16,21-22,27-28,32H,1-3,5-7,15H2/t21-/m1/s1. The van der Waals surface area contributed by atoms with E-state index in [0.717, 1.165) is 73.2 Å². The van der Waals surface area contributed by atoms with E-state index >= 15 is 0 Å². The summed E-state index contributed by atoms with van der Waals surface area (Å²) in [7, 11) is 0. The molecule has 0 radical (unpaired) electrons. The predicted octanol–water partition coefficient (Wildman–Crippen LogP) is 2.85. The molecule has 0 aliphatic carbocycles. The van der Waals surface area contributed by atoms with Gasteiger partial charge in [0.2, 0.25) is 5.95 Å².